The Hall–Kier alpha value is -2.84. The average Bonchev–Trinajstić information content (AvgIpc) is 2.69. The highest BCUT2D eigenvalue weighted by Crippen LogP contribution is 2.14. The molecule has 0 saturated heterocycles. The molecule has 0 heterocycles. The molecule has 1 amide bonds. The van der Waals surface area contributed by atoms with Gasteiger partial charge in [0, 0.05) is 25.8 Å². The maximum atomic E-state index is 12.8. The first-order valence-corrected chi connectivity index (χ1v) is 8.66. The zero-order valence-electron chi connectivity index (χ0n) is 15.1. The monoisotopic (exact) mass is 352 g/mol. The van der Waals surface area contributed by atoms with Gasteiger partial charge in [0.25, 0.3) is 5.91 Å². The first kappa shape index (κ1) is 19.5. The maximum absolute atomic E-state index is 12.8. The number of rotatable bonds is 10. The number of hydrogen-bond acceptors (Lipinski definition) is 4. The number of nitrogens with zero attached hydrogens (tertiary/aromatic N) is 2. The number of hydrogen-bond donors (Lipinski definition) is 0. The van der Waals surface area contributed by atoms with E-state index in [1.54, 1.807) is 36.3 Å². The molecule has 0 aliphatic carbocycles. The lowest BCUT2D eigenvalue weighted by Crippen LogP contribution is -2.33. The van der Waals surface area contributed by atoms with Gasteiger partial charge in [0.2, 0.25) is 0 Å². The summed E-state index contributed by atoms with van der Waals surface area (Å²) >= 11 is 0. The third-order valence-electron chi connectivity index (χ3n) is 3.95. The fourth-order valence-electron chi connectivity index (χ4n) is 2.53. The van der Waals surface area contributed by atoms with Gasteiger partial charge in [-0.05, 0) is 36.2 Å². The first-order chi connectivity index (χ1) is 12.7. The van der Waals surface area contributed by atoms with Gasteiger partial charge >= 0.3 is 0 Å². The Bertz CT molecular complexity index is 708. The summed E-state index contributed by atoms with van der Waals surface area (Å²) in [5.74, 6) is 0.631. The molecular formula is C21H24N2O3. The molecule has 0 spiro atoms. The molecule has 0 aromatic heterocycles. The predicted molar refractivity (Wildman–Crippen MR) is 100 cm³/mol. The summed E-state index contributed by atoms with van der Waals surface area (Å²) in [6.45, 7) is 1.99. The molecule has 136 valence electrons. The predicted octanol–water partition coefficient (Wildman–Crippen LogP) is 3.31. The van der Waals surface area contributed by atoms with E-state index >= 15 is 0 Å². The van der Waals surface area contributed by atoms with Crippen LogP contribution >= 0.6 is 0 Å². The summed E-state index contributed by atoms with van der Waals surface area (Å²) in [4.78, 5) is 14.5. The van der Waals surface area contributed by atoms with E-state index in [-0.39, 0.29) is 5.91 Å². The van der Waals surface area contributed by atoms with Crippen LogP contribution in [0.5, 0.6) is 5.75 Å². The van der Waals surface area contributed by atoms with Gasteiger partial charge in [0.15, 0.2) is 0 Å². The number of ether oxygens (including phenoxy) is 2. The van der Waals surface area contributed by atoms with Crippen LogP contribution in [0.4, 0.5) is 0 Å². The van der Waals surface area contributed by atoms with Crippen LogP contribution in [0.3, 0.4) is 0 Å². The molecule has 2 aromatic rings. The van der Waals surface area contributed by atoms with Gasteiger partial charge < -0.3 is 14.4 Å². The van der Waals surface area contributed by atoms with Gasteiger partial charge in [0.1, 0.15) is 12.4 Å². The summed E-state index contributed by atoms with van der Waals surface area (Å²) in [6, 6.07) is 19.2. The normalized spacial score (nSPS) is 10.2. The lowest BCUT2D eigenvalue weighted by atomic mass is 10.1. The molecule has 0 atom stereocenters. The molecule has 0 aliphatic rings. The lowest BCUT2D eigenvalue weighted by Gasteiger charge is -2.22. The fraction of sp³-hybridized carbons (Fsp3) is 0.333. The highest BCUT2D eigenvalue weighted by molar-refractivity contribution is 5.94. The van der Waals surface area contributed by atoms with Crippen molar-refractivity contribution < 1.29 is 14.3 Å². The Morgan fingerprint density at radius 1 is 1.04 bits per heavy atom. The number of amides is 1. The molecule has 2 aromatic carbocycles. The second kappa shape index (κ2) is 10.9. The van der Waals surface area contributed by atoms with Gasteiger partial charge in [-0.2, -0.15) is 5.26 Å². The number of carbonyl (C=O) groups excluding carboxylic acids is 1. The van der Waals surface area contributed by atoms with E-state index in [0.29, 0.717) is 44.0 Å². The van der Waals surface area contributed by atoms with E-state index < -0.39 is 0 Å². The molecule has 26 heavy (non-hydrogen) atoms. The largest absolute Gasteiger partial charge is 0.491 e. The number of carbonyl (C=O) groups is 1. The second-order valence-corrected chi connectivity index (χ2v) is 5.80. The minimum Gasteiger partial charge on any atom is -0.491 e. The van der Waals surface area contributed by atoms with Crippen LogP contribution in [-0.4, -0.2) is 44.2 Å². The Morgan fingerprint density at radius 2 is 1.77 bits per heavy atom. The van der Waals surface area contributed by atoms with Crippen LogP contribution < -0.4 is 4.74 Å². The number of methoxy groups -OCH3 is 1. The van der Waals surface area contributed by atoms with Crippen molar-refractivity contribution >= 4 is 5.91 Å². The second-order valence-electron chi connectivity index (χ2n) is 5.80. The van der Waals surface area contributed by atoms with E-state index in [4.69, 9.17) is 14.7 Å². The Labute approximate surface area is 154 Å². The number of benzene rings is 2. The molecule has 0 N–H and O–H groups in total. The van der Waals surface area contributed by atoms with Gasteiger partial charge in [-0.25, -0.2) is 0 Å². The van der Waals surface area contributed by atoms with Crippen LogP contribution in [0.1, 0.15) is 22.3 Å². The zero-order valence-corrected chi connectivity index (χ0v) is 15.1. The molecule has 0 fully saturated rings. The average molecular weight is 352 g/mol. The van der Waals surface area contributed by atoms with Crippen LogP contribution in [-0.2, 0) is 11.2 Å². The zero-order chi connectivity index (χ0) is 18.6. The van der Waals surface area contributed by atoms with E-state index in [1.165, 1.54) is 5.56 Å². The van der Waals surface area contributed by atoms with E-state index in [0.717, 1.165) is 6.42 Å². The van der Waals surface area contributed by atoms with Crippen LogP contribution in [0.15, 0.2) is 54.6 Å². The van der Waals surface area contributed by atoms with E-state index in [2.05, 4.69) is 6.07 Å². The van der Waals surface area contributed by atoms with Crippen molar-refractivity contribution in [1.82, 2.24) is 4.90 Å². The molecule has 0 radical (unpaired) electrons. The highest BCUT2D eigenvalue weighted by atomic mass is 16.5. The van der Waals surface area contributed by atoms with Gasteiger partial charge in [-0.15, -0.1) is 0 Å². The number of nitriles is 1. The molecule has 2 rings (SSSR count). The van der Waals surface area contributed by atoms with Crippen molar-refractivity contribution in [3.8, 4) is 11.8 Å². The molecule has 0 bridgehead atoms. The van der Waals surface area contributed by atoms with Gasteiger partial charge in [-0.1, -0.05) is 30.3 Å². The maximum Gasteiger partial charge on any atom is 0.253 e. The van der Waals surface area contributed by atoms with Crippen molar-refractivity contribution in [2.45, 2.75) is 12.8 Å². The minimum absolute atomic E-state index is 0.0698. The Morgan fingerprint density at radius 3 is 2.42 bits per heavy atom. The molecule has 0 unspecified atom stereocenters. The van der Waals surface area contributed by atoms with E-state index in [1.807, 2.05) is 30.3 Å². The van der Waals surface area contributed by atoms with Crippen LogP contribution in [0, 0.1) is 11.3 Å². The van der Waals surface area contributed by atoms with Crippen molar-refractivity contribution in [3.05, 3.63) is 65.7 Å². The third-order valence-corrected chi connectivity index (χ3v) is 3.95. The lowest BCUT2D eigenvalue weighted by molar-refractivity contribution is 0.0760. The topological polar surface area (TPSA) is 62.6 Å². The molecular weight excluding hydrogens is 328 g/mol. The first-order valence-electron chi connectivity index (χ1n) is 8.66. The van der Waals surface area contributed by atoms with Gasteiger partial charge in [-0.3, -0.25) is 4.79 Å². The van der Waals surface area contributed by atoms with Crippen molar-refractivity contribution in [1.29, 1.82) is 5.26 Å². The summed E-state index contributed by atoms with van der Waals surface area (Å²) in [5.41, 5.74) is 1.76. The fourth-order valence-corrected chi connectivity index (χ4v) is 2.53. The smallest absolute Gasteiger partial charge is 0.253 e. The van der Waals surface area contributed by atoms with Crippen molar-refractivity contribution in [3.63, 3.8) is 0 Å². The van der Waals surface area contributed by atoms with Crippen molar-refractivity contribution in [2.75, 3.05) is 33.4 Å². The van der Waals surface area contributed by atoms with Crippen LogP contribution in [0.2, 0.25) is 0 Å². The quantitative estimate of drug-likeness (QED) is 0.616. The van der Waals surface area contributed by atoms with E-state index in [9.17, 15) is 4.79 Å². The Balaban J connectivity index is 1.99. The molecule has 0 saturated carbocycles. The SMILES string of the molecule is COCCOc1ccc(C(=O)N(CCC#N)CCc2ccccc2)cc1. The molecule has 0 aliphatic heterocycles. The minimum atomic E-state index is -0.0698. The van der Waals surface area contributed by atoms with Gasteiger partial charge in [0.05, 0.1) is 19.1 Å². The highest BCUT2D eigenvalue weighted by Gasteiger charge is 2.15. The summed E-state index contributed by atoms with van der Waals surface area (Å²) in [5, 5.41) is 8.88. The molecule has 5 nitrogen and oxygen atoms in total. The third kappa shape index (κ3) is 6.23. The summed E-state index contributed by atoms with van der Waals surface area (Å²) in [7, 11) is 1.62. The Kier molecular flexibility index (Phi) is 8.17. The standard InChI is InChI=1S/C21H24N2O3/c1-25-16-17-26-20-10-8-19(9-11-20)21(24)23(14-5-13-22)15-12-18-6-3-2-4-7-18/h2-4,6-11H,5,12,14-17H2,1H3. The van der Waals surface area contributed by atoms with Crippen molar-refractivity contribution in [2.24, 2.45) is 0 Å². The summed E-state index contributed by atoms with van der Waals surface area (Å²) in [6.07, 6.45) is 1.08. The summed E-state index contributed by atoms with van der Waals surface area (Å²) < 4.78 is 10.5. The van der Waals surface area contributed by atoms with Crippen LogP contribution in [0.25, 0.3) is 0 Å². The molecule has 5 heteroatoms.